The first-order valence-corrected chi connectivity index (χ1v) is 7.35. The summed E-state index contributed by atoms with van der Waals surface area (Å²) in [6.45, 7) is 0.616. The van der Waals surface area contributed by atoms with Crippen LogP contribution < -0.4 is 9.64 Å². The minimum Gasteiger partial charge on any atom is -0.495 e. The summed E-state index contributed by atoms with van der Waals surface area (Å²) in [6, 6.07) is 4.94. The molecule has 0 spiro atoms. The van der Waals surface area contributed by atoms with Crippen molar-refractivity contribution < 1.29 is 19.1 Å². The molecule has 1 unspecified atom stereocenters. The van der Waals surface area contributed by atoms with Gasteiger partial charge in [-0.25, -0.2) is 4.79 Å². The summed E-state index contributed by atoms with van der Waals surface area (Å²) in [5.74, 6) is 0.447. The Morgan fingerprint density at radius 3 is 2.75 bits per heavy atom. The maximum atomic E-state index is 12.1. The monoisotopic (exact) mass is 341 g/mol. The Morgan fingerprint density at radius 1 is 1.45 bits per heavy atom. The third kappa shape index (κ3) is 2.80. The molecule has 1 aliphatic heterocycles. The van der Waals surface area contributed by atoms with E-state index < -0.39 is 5.97 Å². The van der Waals surface area contributed by atoms with Crippen LogP contribution in [0.2, 0.25) is 0 Å². The van der Waals surface area contributed by atoms with Gasteiger partial charge in [0, 0.05) is 18.3 Å². The number of hydrogen-bond donors (Lipinski definition) is 0. The fourth-order valence-electron chi connectivity index (χ4n) is 2.26. The molecule has 0 aliphatic carbocycles. The molecule has 1 saturated heterocycles. The van der Waals surface area contributed by atoms with Gasteiger partial charge in [0.15, 0.2) is 0 Å². The Morgan fingerprint density at radius 2 is 2.20 bits per heavy atom. The summed E-state index contributed by atoms with van der Waals surface area (Å²) < 4.78 is 9.99. The van der Waals surface area contributed by atoms with Crippen molar-refractivity contribution >= 4 is 33.5 Å². The second kappa shape index (κ2) is 6.26. The van der Waals surface area contributed by atoms with Crippen LogP contribution in [0.1, 0.15) is 16.8 Å². The molecule has 2 rings (SSSR count). The van der Waals surface area contributed by atoms with Gasteiger partial charge in [-0.3, -0.25) is 4.79 Å². The number of methoxy groups -OCH3 is 2. The standard InChI is InChI=1S/C14H16BrNO4/c1-19-12-4-3-10(14(18)20-2)6-11(12)16-8-9(7-15)5-13(16)17/h3-4,6,9H,5,7-8H2,1-2H3. The fourth-order valence-corrected chi connectivity index (χ4v) is 2.70. The van der Waals surface area contributed by atoms with E-state index in [9.17, 15) is 9.59 Å². The molecule has 20 heavy (non-hydrogen) atoms. The average Bonchev–Trinajstić information content (AvgIpc) is 2.86. The van der Waals surface area contributed by atoms with E-state index >= 15 is 0 Å². The number of ether oxygens (including phenoxy) is 2. The molecule has 108 valence electrons. The van der Waals surface area contributed by atoms with E-state index in [2.05, 4.69) is 15.9 Å². The lowest BCUT2D eigenvalue weighted by molar-refractivity contribution is -0.117. The first-order valence-electron chi connectivity index (χ1n) is 6.23. The van der Waals surface area contributed by atoms with Crippen LogP contribution in [0.4, 0.5) is 5.69 Å². The van der Waals surface area contributed by atoms with Gasteiger partial charge in [0.1, 0.15) is 5.75 Å². The van der Waals surface area contributed by atoms with Crippen LogP contribution in [0.25, 0.3) is 0 Å². The summed E-state index contributed by atoms with van der Waals surface area (Å²) in [5.41, 5.74) is 1.02. The van der Waals surface area contributed by atoms with Gasteiger partial charge in [-0.1, -0.05) is 15.9 Å². The Balaban J connectivity index is 2.38. The molecule has 1 heterocycles. The zero-order chi connectivity index (χ0) is 14.7. The van der Waals surface area contributed by atoms with Crippen molar-refractivity contribution in [1.29, 1.82) is 0 Å². The third-order valence-electron chi connectivity index (χ3n) is 3.31. The summed E-state index contributed by atoms with van der Waals surface area (Å²) in [5, 5.41) is 0.772. The summed E-state index contributed by atoms with van der Waals surface area (Å²) >= 11 is 3.40. The number of halogens is 1. The second-order valence-corrected chi connectivity index (χ2v) is 5.25. The van der Waals surface area contributed by atoms with E-state index in [0.717, 1.165) is 5.33 Å². The van der Waals surface area contributed by atoms with Crippen molar-refractivity contribution in [3.05, 3.63) is 23.8 Å². The van der Waals surface area contributed by atoms with Crippen molar-refractivity contribution in [3.8, 4) is 5.75 Å². The lowest BCUT2D eigenvalue weighted by Crippen LogP contribution is -2.25. The van der Waals surface area contributed by atoms with Gasteiger partial charge in [0.25, 0.3) is 0 Å². The number of anilines is 1. The Labute approximate surface area is 126 Å². The summed E-state index contributed by atoms with van der Waals surface area (Å²) in [6.07, 6.45) is 0.497. The number of alkyl halides is 1. The van der Waals surface area contributed by atoms with Crippen LogP contribution in [0.15, 0.2) is 18.2 Å². The van der Waals surface area contributed by atoms with Crippen molar-refractivity contribution in [2.24, 2.45) is 5.92 Å². The van der Waals surface area contributed by atoms with Crippen LogP contribution in [-0.4, -0.2) is 38.0 Å². The van der Waals surface area contributed by atoms with Crippen molar-refractivity contribution in [1.82, 2.24) is 0 Å². The molecule has 6 heteroatoms. The first-order chi connectivity index (χ1) is 9.60. The Hall–Kier alpha value is -1.56. The number of hydrogen-bond acceptors (Lipinski definition) is 4. The van der Waals surface area contributed by atoms with Gasteiger partial charge >= 0.3 is 5.97 Å². The minimum absolute atomic E-state index is 0.0368. The normalized spacial score (nSPS) is 18.2. The van der Waals surface area contributed by atoms with E-state index in [1.165, 1.54) is 7.11 Å². The topological polar surface area (TPSA) is 55.8 Å². The number of amides is 1. The maximum Gasteiger partial charge on any atom is 0.337 e. The van der Waals surface area contributed by atoms with Gasteiger partial charge in [0.2, 0.25) is 5.91 Å². The molecule has 1 aliphatic rings. The third-order valence-corrected chi connectivity index (χ3v) is 4.23. The molecule has 1 fully saturated rings. The van der Waals surface area contributed by atoms with E-state index in [-0.39, 0.29) is 11.8 Å². The summed E-state index contributed by atoms with van der Waals surface area (Å²) in [4.78, 5) is 25.4. The number of benzene rings is 1. The average molecular weight is 342 g/mol. The van der Waals surface area contributed by atoms with Crippen LogP contribution in [0, 0.1) is 5.92 Å². The van der Waals surface area contributed by atoms with E-state index in [1.807, 2.05) is 0 Å². The SMILES string of the molecule is COC(=O)c1ccc(OC)c(N2CC(CBr)CC2=O)c1. The van der Waals surface area contributed by atoms with E-state index in [0.29, 0.717) is 30.0 Å². The van der Waals surface area contributed by atoms with Crippen molar-refractivity contribution in [2.75, 3.05) is 31.0 Å². The molecule has 0 bridgehead atoms. The highest BCUT2D eigenvalue weighted by molar-refractivity contribution is 9.09. The number of carbonyl (C=O) groups is 2. The molecular formula is C14H16BrNO4. The van der Waals surface area contributed by atoms with Crippen LogP contribution in [-0.2, 0) is 9.53 Å². The number of esters is 1. The summed E-state index contributed by atoms with van der Waals surface area (Å²) in [7, 11) is 2.87. The molecule has 0 aromatic heterocycles. The molecule has 1 aromatic rings. The zero-order valence-corrected chi connectivity index (χ0v) is 13.0. The van der Waals surface area contributed by atoms with Gasteiger partial charge in [0.05, 0.1) is 25.5 Å². The van der Waals surface area contributed by atoms with Gasteiger partial charge in [-0.15, -0.1) is 0 Å². The smallest absolute Gasteiger partial charge is 0.337 e. The zero-order valence-electron chi connectivity index (χ0n) is 11.4. The van der Waals surface area contributed by atoms with Gasteiger partial charge in [-0.2, -0.15) is 0 Å². The van der Waals surface area contributed by atoms with E-state index in [4.69, 9.17) is 9.47 Å². The molecular weight excluding hydrogens is 326 g/mol. The predicted molar refractivity (Wildman–Crippen MR) is 78.6 cm³/mol. The fraction of sp³-hybridized carbons (Fsp3) is 0.429. The quantitative estimate of drug-likeness (QED) is 0.622. The molecule has 1 amide bonds. The number of rotatable bonds is 4. The van der Waals surface area contributed by atoms with E-state index in [1.54, 1.807) is 30.2 Å². The lowest BCUT2D eigenvalue weighted by atomic mass is 10.1. The first kappa shape index (κ1) is 14.8. The molecule has 1 aromatic carbocycles. The molecule has 5 nitrogen and oxygen atoms in total. The molecule has 1 atom stereocenters. The van der Waals surface area contributed by atoms with Crippen LogP contribution >= 0.6 is 15.9 Å². The van der Waals surface area contributed by atoms with Crippen LogP contribution in [0.3, 0.4) is 0 Å². The van der Waals surface area contributed by atoms with Crippen molar-refractivity contribution in [2.45, 2.75) is 6.42 Å². The molecule has 0 radical (unpaired) electrons. The highest BCUT2D eigenvalue weighted by atomic mass is 79.9. The lowest BCUT2D eigenvalue weighted by Gasteiger charge is -2.20. The Bertz CT molecular complexity index is 532. The number of carbonyl (C=O) groups excluding carboxylic acids is 2. The Kier molecular flexibility index (Phi) is 4.65. The maximum absolute atomic E-state index is 12.1. The van der Waals surface area contributed by atoms with Gasteiger partial charge < -0.3 is 14.4 Å². The van der Waals surface area contributed by atoms with Gasteiger partial charge in [-0.05, 0) is 24.1 Å². The largest absolute Gasteiger partial charge is 0.495 e. The number of nitrogens with zero attached hydrogens (tertiary/aromatic N) is 1. The second-order valence-electron chi connectivity index (χ2n) is 4.61. The minimum atomic E-state index is -0.433. The highest BCUT2D eigenvalue weighted by Gasteiger charge is 2.31. The molecule has 0 N–H and O–H groups in total. The molecule has 0 saturated carbocycles. The van der Waals surface area contributed by atoms with Crippen molar-refractivity contribution in [3.63, 3.8) is 0 Å². The van der Waals surface area contributed by atoms with Crippen LogP contribution in [0.5, 0.6) is 5.75 Å². The highest BCUT2D eigenvalue weighted by Crippen LogP contribution is 2.34. The predicted octanol–water partition coefficient (Wildman–Crippen LogP) is 2.23.